The number of amides is 2. The van der Waals surface area contributed by atoms with Crippen LogP contribution in [0.1, 0.15) is 74.2 Å². The first-order valence-electron chi connectivity index (χ1n) is 34.2. The fourth-order valence-electron chi connectivity index (χ4n) is 11.7. The number of anilines is 3. The number of ether oxygens (including phenoxy) is 4. The molecule has 110 heavy (non-hydrogen) atoms. The molecule has 2 amide bonds. The molecule has 0 radical (unpaired) electrons. The molecule has 23 nitrogen and oxygen atoms in total. The van der Waals surface area contributed by atoms with Gasteiger partial charge >= 0.3 is 36.7 Å². The molecule has 570 valence electrons. The summed E-state index contributed by atoms with van der Waals surface area (Å²) in [5.74, 6) is 1.32. The van der Waals surface area contributed by atoms with Gasteiger partial charge in [0.05, 0.1) is 48.7 Å². The summed E-state index contributed by atoms with van der Waals surface area (Å²) in [5.41, 5.74) is 22.6. The Morgan fingerprint density at radius 3 is 1.31 bits per heavy atom. The number of nitrogens with two attached hydrogens (primary N) is 2. The molecule has 10 N–H and O–H groups in total. The smallest absolute Gasteiger partial charge is 0.870 e. The van der Waals surface area contributed by atoms with Crippen LogP contribution < -0.4 is 85.5 Å². The summed E-state index contributed by atoms with van der Waals surface area (Å²) in [7, 11) is -1.34. The molecule has 10 aromatic rings. The van der Waals surface area contributed by atoms with Crippen molar-refractivity contribution in [3.8, 4) is 40.7 Å². The van der Waals surface area contributed by atoms with Gasteiger partial charge in [-0.05, 0) is 148 Å². The zero-order valence-corrected chi connectivity index (χ0v) is 68.9. The van der Waals surface area contributed by atoms with Gasteiger partial charge in [0, 0.05) is 114 Å². The molecular weight excluding hydrogens is 1630 g/mol. The van der Waals surface area contributed by atoms with Gasteiger partial charge in [0.15, 0.2) is 0 Å². The Labute approximate surface area is 694 Å². The zero-order valence-electron chi connectivity index (χ0n) is 61.3. The van der Waals surface area contributed by atoms with Crippen LogP contribution in [0.25, 0.3) is 16.0 Å². The van der Waals surface area contributed by atoms with Gasteiger partial charge in [-0.3, -0.25) is 20.1 Å². The summed E-state index contributed by atoms with van der Waals surface area (Å²) in [5, 5.41) is 40.8. The second kappa shape index (κ2) is 47.2. The average molecular weight is 1720 g/mol. The summed E-state index contributed by atoms with van der Waals surface area (Å²) < 4.78 is 38.2. The topological polar surface area (TPSA) is 335 Å². The number of aromatic nitrogens is 4. The van der Waals surface area contributed by atoms with Gasteiger partial charge in [-0.25, -0.2) is 29.2 Å². The molecule has 0 spiro atoms. The molecule has 8 heterocycles. The first kappa shape index (κ1) is 91.5. The number of halogens is 5. The third-order valence-electron chi connectivity index (χ3n) is 17.0. The molecule has 4 aromatic heterocycles. The van der Waals surface area contributed by atoms with Gasteiger partial charge in [0.25, 0.3) is 11.8 Å². The number of para-hydroxylation sites is 1. The molecule has 0 saturated carbocycles. The minimum atomic E-state index is -1.34. The molecule has 6 aromatic carbocycles. The van der Waals surface area contributed by atoms with Crippen LogP contribution in [0.5, 0.6) is 23.5 Å². The summed E-state index contributed by atoms with van der Waals surface area (Å²) in [6.07, 6.45) is 11.5. The first-order valence-corrected chi connectivity index (χ1v) is 36.6. The van der Waals surface area contributed by atoms with Crippen molar-refractivity contribution in [2.75, 3.05) is 67.1 Å². The molecule has 0 bridgehead atoms. The number of primary amides is 2. The van der Waals surface area contributed by atoms with Crippen LogP contribution in [-0.4, -0.2) is 142 Å². The van der Waals surface area contributed by atoms with Crippen LogP contribution >= 0.6 is 60.2 Å². The zero-order chi connectivity index (χ0) is 76.8. The van der Waals surface area contributed by atoms with Crippen molar-refractivity contribution in [1.29, 1.82) is 5.26 Å². The van der Waals surface area contributed by atoms with E-state index >= 15 is 0 Å². The first-order chi connectivity index (χ1) is 51.7. The number of pyridine rings is 4. The molecule has 4 saturated heterocycles. The van der Waals surface area contributed by atoms with Crippen molar-refractivity contribution >= 4 is 107 Å². The van der Waals surface area contributed by atoms with E-state index in [1.807, 2.05) is 180 Å². The third kappa shape index (κ3) is 27.7. The molecular formula is C80H85BBr3ClFN12NaO11. The summed E-state index contributed by atoms with van der Waals surface area (Å²) in [6, 6.07) is 57.6. The Balaban J connectivity index is 0.000000243. The van der Waals surface area contributed by atoms with Gasteiger partial charge in [-0.15, -0.1) is 12.4 Å². The maximum atomic E-state index is 12.6. The number of nitrogens with zero attached hydrogens (tertiary/aromatic N) is 9. The Hall–Kier alpha value is -9.08. The van der Waals surface area contributed by atoms with Crippen molar-refractivity contribution in [2.24, 2.45) is 11.5 Å². The number of rotatable bonds is 15. The SMILES string of the molecule is Cc1ccc(O[C@H]2CCN(c3cccc(-c4ccccc4)c3C(N)=O)C2)nc1.Cc1ccc(O[C@H]2CCN(c3cccc(Br)c3C(N)=O)C2)nc1.Cc1ccc(O[C@H]2CCNC2)nc1.Cl.N#Cc1c(F)cccc1Br.OB(O)c1ccccc1.OO.[C-]#[N+]c1c(Br)cccc1N1CC[C@H](Oc2ccc(C)cn2)C1.[Na+].[OH-]. The number of hydrogen-bond donors (Lipinski definition) is 7. The maximum absolute atomic E-state index is 12.6. The molecule has 4 aliphatic rings. The van der Waals surface area contributed by atoms with Gasteiger partial charge in [0.1, 0.15) is 41.9 Å². The van der Waals surface area contributed by atoms with Gasteiger partial charge in [0.2, 0.25) is 29.2 Å². The minimum absolute atomic E-state index is 0. The monoisotopic (exact) mass is 1710 g/mol. The Bertz CT molecular complexity index is 4550. The van der Waals surface area contributed by atoms with E-state index in [-0.39, 0.29) is 71.3 Å². The third-order valence-corrected chi connectivity index (χ3v) is 19.0. The van der Waals surface area contributed by atoms with E-state index in [2.05, 4.69) is 92.6 Å². The molecule has 0 unspecified atom stereocenters. The van der Waals surface area contributed by atoms with E-state index in [1.54, 1.807) is 54.9 Å². The standard InChI is InChI=1S/C23H23N3O2.C17H18BrN3O2.C17H16BrN3O.C10H14N2O.C7H3BrFN.C6H7BO2.ClH.Na.H2O2.H2O/c1-16-10-11-21(25-14-16)28-18-12-13-26(15-18)20-9-5-8-19(22(20)23(24)27)17-6-3-2-4-7-17;1-11-5-6-15(20-9-11)23-12-7-8-21(10-12)14-4-2-3-13(18)16(14)17(19)22;1-12-6-7-16(20-10-12)22-13-8-9-21(11-13)15-5-3-4-14(18)17(15)19-2;1-8-2-3-10(12-6-8)13-9-4-5-11-7-9;8-6-2-1-3-7(9)5(6)4-10;8-7(9)6-4-2-1-3-5-6;;;1-2;/h2-11,14,18H,12-13,15H2,1H3,(H2,24,27);2-6,9,12H,7-8,10H2,1H3,(H2,19,22);3-7,10,13H,8-9,11H2,1H3;2-3,6,9,11H,4-5,7H2,1H3;1-3H;1-5,8-9H;1H;;1-2H;1H2/q;;;;;;;+1;;/p-1/t18-;12-;13-;9-;;;;;;/m0000....../s1. The molecule has 4 fully saturated rings. The van der Waals surface area contributed by atoms with Crippen molar-refractivity contribution in [2.45, 2.75) is 77.8 Å². The van der Waals surface area contributed by atoms with Crippen LogP contribution in [0.15, 0.2) is 220 Å². The number of benzene rings is 6. The van der Waals surface area contributed by atoms with E-state index in [9.17, 15) is 14.0 Å². The average Bonchev–Trinajstić information content (AvgIpc) is 1.31. The van der Waals surface area contributed by atoms with Gasteiger partial charge in [-0.2, -0.15) is 5.26 Å². The summed E-state index contributed by atoms with van der Waals surface area (Å²) in [4.78, 5) is 51.3. The quantitative estimate of drug-likeness (QED) is 0.0217. The minimum Gasteiger partial charge on any atom is -0.870 e. The van der Waals surface area contributed by atoms with E-state index in [1.165, 1.54) is 6.07 Å². The molecule has 14 rings (SSSR count). The normalized spacial score (nSPS) is 15.4. The number of carbonyl (C=O) groups excluding carboxylic acids is 2. The van der Waals surface area contributed by atoms with Crippen molar-refractivity contribution in [1.82, 2.24) is 25.3 Å². The predicted octanol–water partition coefficient (Wildman–Crippen LogP) is 11.3. The maximum Gasteiger partial charge on any atom is 1.00 e. The number of carbonyl (C=O) groups is 2. The van der Waals surface area contributed by atoms with Crippen molar-refractivity contribution in [3.63, 3.8) is 0 Å². The van der Waals surface area contributed by atoms with Crippen LogP contribution in [0.2, 0.25) is 0 Å². The number of hydrogen-bond acceptors (Lipinski definition) is 20. The van der Waals surface area contributed by atoms with Crippen molar-refractivity contribution in [3.05, 3.63) is 276 Å². The number of aryl methyl sites for hydroxylation is 4. The Morgan fingerprint density at radius 2 is 0.936 bits per heavy atom. The second-order valence-corrected chi connectivity index (χ2v) is 27.6. The van der Waals surface area contributed by atoms with E-state index in [0.29, 0.717) is 68.1 Å². The molecule has 4 aliphatic heterocycles. The number of nitriles is 1. The van der Waals surface area contributed by atoms with Crippen LogP contribution in [0, 0.1) is 51.4 Å². The largest absolute Gasteiger partial charge is 1.00 e. The fraction of sp³-hybridized carbons (Fsp3) is 0.250. The summed E-state index contributed by atoms with van der Waals surface area (Å²) >= 11 is 9.89. The Kier molecular flexibility index (Phi) is 39.3. The number of nitrogens with one attached hydrogen (secondary N) is 1. The van der Waals surface area contributed by atoms with Crippen LogP contribution in [-0.2, 0) is 0 Å². The molecule has 4 atom stereocenters. The van der Waals surface area contributed by atoms with E-state index in [0.717, 1.165) is 126 Å². The molecule has 0 aliphatic carbocycles. The van der Waals surface area contributed by atoms with Crippen LogP contribution in [0.3, 0.4) is 0 Å². The van der Waals surface area contributed by atoms with Gasteiger partial charge in [-0.1, -0.05) is 137 Å². The van der Waals surface area contributed by atoms with Gasteiger partial charge < -0.3 is 66.0 Å². The Morgan fingerprint density at radius 1 is 0.545 bits per heavy atom. The van der Waals surface area contributed by atoms with Crippen molar-refractivity contribution < 1.29 is 88.5 Å². The fourth-order valence-corrected chi connectivity index (χ4v) is 13.1. The van der Waals surface area contributed by atoms with Crippen LogP contribution in [0.4, 0.5) is 27.1 Å². The molecule has 30 heteroatoms. The second-order valence-electron chi connectivity index (χ2n) is 25.0. The summed E-state index contributed by atoms with van der Waals surface area (Å²) in [6.45, 7) is 22.0. The van der Waals surface area contributed by atoms with E-state index < -0.39 is 24.7 Å². The van der Waals surface area contributed by atoms with E-state index in [4.69, 9.17) is 62.8 Å². The predicted molar refractivity (Wildman–Crippen MR) is 435 cm³/mol.